The van der Waals surface area contributed by atoms with Crippen molar-refractivity contribution in [3.8, 4) is 11.1 Å². The second-order valence-electron chi connectivity index (χ2n) is 6.07. The van der Waals surface area contributed by atoms with Crippen LogP contribution >= 0.6 is 11.6 Å². The summed E-state index contributed by atoms with van der Waals surface area (Å²) in [6, 6.07) is 9.43. The van der Waals surface area contributed by atoms with Gasteiger partial charge in [-0.25, -0.2) is 9.78 Å². The number of aryl methyl sites for hydroxylation is 2. The number of aromatic nitrogens is 2. The van der Waals surface area contributed by atoms with Gasteiger partial charge in [-0.1, -0.05) is 24.2 Å². The van der Waals surface area contributed by atoms with Gasteiger partial charge in [-0.2, -0.15) is 0 Å². The number of carbonyl (C=O) groups excluding carboxylic acids is 1. The number of halogens is 1. The number of anilines is 1. The predicted octanol–water partition coefficient (Wildman–Crippen LogP) is 5.65. The summed E-state index contributed by atoms with van der Waals surface area (Å²) in [6.45, 7) is 9.12. The summed E-state index contributed by atoms with van der Waals surface area (Å²) in [7, 11) is 0. The zero-order valence-corrected chi connectivity index (χ0v) is 15.5. The second kappa shape index (κ2) is 7.14. The van der Waals surface area contributed by atoms with Gasteiger partial charge in [0.1, 0.15) is 5.15 Å². The summed E-state index contributed by atoms with van der Waals surface area (Å²) in [4.78, 5) is 20.6. The summed E-state index contributed by atoms with van der Waals surface area (Å²) in [5.41, 5.74) is 5.30. The van der Waals surface area contributed by atoms with Crippen LogP contribution in [-0.4, -0.2) is 16.1 Å². The Hall–Kier alpha value is -2.92. The highest BCUT2D eigenvalue weighted by molar-refractivity contribution is 6.30. The molecule has 5 nitrogen and oxygen atoms in total. The number of amides is 1. The fourth-order valence-electron chi connectivity index (χ4n) is 2.70. The minimum atomic E-state index is -0.570. The number of fused-ring (bicyclic) bond motifs is 1. The van der Waals surface area contributed by atoms with Crippen molar-refractivity contribution in [2.24, 2.45) is 0 Å². The first kappa shape index (κ1) is 17.9. The number of allylic oxidation sites excluding steroid dienone is 1. The van der Waals surface area contributed by atoms with E-state index < -0.39 is 6.09 Å². The lowest BCUT2D eigenvalue weighted by molar-refractivity contribution is 0.192. The van der Waals surface area contributed by atoms with Crippen LogP contribution in [0.3, 0.4) is 0 Å². The number of nitrogens with one attached hydrogen (secondary N) is 1. The molecule has 1 aromatic carbocycles. The van der Waals surface area contributed by atoms with Crippen LogP contribution in [0.5, 0.6) is 0 Å². The van der Waals surface area contributed by atoms with E-state index in [1.807, 2.05) is 38.1 Å². The lowest BCUT2D eigenvalue weighted by atomic mass is 9.97. The lowest BCUT2D eigenvalue weighted by Gasteiger charge is -2.13. The molecule has 2 heterocycles. The number of pyridine rings is 2. The van der Waals surface area contributed by atoms with E-state index in [1.54, 1.807) is 19.2 Å². The number of hydrogen-bond acceptors (Lipinski definition) is 4. The quantitative estimate of drug-likeness (QED) is 0.480. The molecule has 6 heteroatoms. The summed E-state index contributed by atoms with van der Waals surface area (Å²) in [6.07, 6.45) is 1.13. The van der Waals surface area contributed by atoms with Crippen LogP contribution < -0.4 is 5.32 Å². The van der Waals surface area contributed by atoms with Gasteiger partial charge in [0.15, 0.2) is 0 Å². The van der Waals surface area contributed by atoms with Crippen LogP contribution in [-0.2, 0) is 4.74 Å². The monoisotopic (exact) mass is 367 g/mol. The normalized spacial score (nSPS) is 10.6. The molecule has 0 unspecified atom stereocenters. The van der Waals surface area contributed by atoms with Crippen LogP contribution in [0.25, 0.3) is 22.0 Å². The average Bonchev–Trinajstić information content (AvgIpc) is 2.55. The average molecular weight is 368 g/mol. The Kier molecular flexibility index (Phi) is 4.91. The third kappa shape index (κ3) is 3.83. The smallest absolute Gasteiger partial charge is 0.416 e. The lowest BCUT2D eigenvalue weighted by Crippen LogP contribution is -2.12. The molecule has 0 fully saturated rings. The Balaban J connectivity index is 2.03. The Morgan fingerprint density at radius 2 is 1.96 bits per heavy atom. The molecule has 3 rings (SSSR count). The van der Waals surface area contributed by atoms with Gasteiger partial charge >= 0.3 is 6.09 Å². The molecule has 0 spiro atoms. The van der Waals surface area contributed by atoms with Crippen molar-refractivity contribution in [2.75, 3.05) is 5.32 Å². The zero-order chi connectivity index (χ0) is 18.8. The summed E-state index contributed by atoms with van der Waals surface area (Å²) in [5, 5.41) is 4.01. The molecule has 0 aliphatic rings. The third-order valence-corrected chi connectivity index (χ3v) is 4.10. The van der Waals surface area contributed by atoms with Gasteiger partial charge in [-0.15, -0.1) is 0 Å². The second-order valence-corrected chi connectivity index (χ2v) is 6.45. The van der Waals surface area contributed by atoms with Crippen molar-refractivity contribution in [1.29, 1.82) is 0 Å². The molecular formula is C20H18ClN3O2. The topological polar surface area (TPSA) is 64.1 Å². The highest BCUT2D eigenvalue weighted by Crippen LogP contribution is 2.31. The Bertz CT molecular complexity index is 1030. The first-order valence-electron chi connectivity index (χ1n) is 8.02. The van der Waals surface area contributed by atoms with Gasteiger partial charge in [0, 0.05) is 34.6 Å². The Labute approximate surface area is 156 Å². The molecular weight excluding hydrogens is 350 g/mol. The zero-order valence-electron chi connectivity index (χ0n) is 14.8. The van der Waals surface area contributed by atoms with Crippen LogP contribution in [0.4, 0.5) is 10.5 Å². The number of carbonyl (C=O) groups is 1. The number of benzene rings is 1. The van der Waals surface area contributed by atoms with Gasteiger partial charge in [0.25, 0.3) is 0 Å². The van der Waals surface area contributed by atoms with Gasteiger partial charge in [0.2, 0.25) is 0 Å². The summed E-state index contributed by atoms with van der Waals surface area (Å²) < 4.78 is 4.94. The van der Waals surface area contributed by atoms with E-state index in [0.29, 0.717) is 16.6 Å². The number of hydrogen-bond donors (Lipinski definition) is 1. The number of nitrogens with zero attached hydrogens (tertiary/aromatic N) is 2. The van der Waals surface area contributed by atoms with E-state index in [0.717, 1.165) is 33.3 Å². The van der Waals surface area contributed by atoms with E-state index in [1.165, 1.54) is 0 Å². The van der Waals surface area contributed by atoms with E-state index >= 15 is 0 Å². The Morgan fingerprint density at radius 1 is 1.19 bits per heavy atom. The minimum Gasteiger partial charge on any atom is -0.416 e. The SMILES string of the molecule is C=C(C)OC(=O)Nc1ccc(C)c(-c2cc3cnc(Cl)cc3nc2C)c1. The number of rotatable bonds is 3. The highest BCUT2D eigenvalue weighted by atomic mass is 35.5. The molecule has 1 N–H and O–H groups in total. The third-order valence-electron chi connectivity index (χ3n) is 3.90. The first-order valence-corrected chi connectivity index (χ1v) is 8.39. The van der Waals surface area contributed by atoms with Gasteiger partial charge < -0.3 is 4.74 Å². The molecule has 0 atom stereocenters. The molecule has 0 saturated carbocycles. The molecule has 132 valence electrons. The van der Waals surface area contributed by atoms with Crippen LogP contribution in [0.2, 0.25) is 5.15 Å². The van der Waals surface area contributed by atoms with Gasteiger partial charge in [-0.05, 0) is 50.1 Å². The van der Waals surface area contributed by atoms with Gasteiger partial charge in [0.05, 0.1) is 11.3 Å². The van der Waals surface area contributed by atoms with Crippen molar-refractivity contribution < 1.29 is 9.53 Å². The molecule has 2 aromatic heterocycles. The maximum atomic E-state index is 11.8. The summed E-state index contributed by atoms with van der Waals surface area (Å²) in [5.74, 6) is 0.329. The molecule has 0 bridgehead atoms. The van der Waals surface area contributed by atoms with E-state index in [9.17, 15) is 4.79 Å². The van der Waals surface area contributed by atoms with E-state index in [-0.39, 0.29) is 0 Å². The maximum absolute atomic E-state index is 11.8. The van der Waals surface area contributed by atoms with Crippen molar-refractivity contribution in [3.05, 3.63) is 65.3 Å². The molecule has 26 heavy (non-hydrogen) atoms. The largest absolute Gasteiger partial charge is 0.416 e. The summed E-state index contributed by atoms with van der Waals surface area (Å²) >= 11 is 5.95. The first-order chi connectivity index (χ1) is 12.3. The van der Waals surface area contributed by atoms with Crippen LogP contribution in [0.1, 0.15) is 18.2 Å². The van der Waals surface area contributed by atoms with Crippen molar-refractivity contribution >= 4 is 34.3 Å². The van der Waals surface area contributed by atoms with Crippen molar-refractivity contribution in [2.45, 2.75) is 20.8 Å². The predicted molar refractivity (Wildman–Crippen MR) is 104 cm³/mol. The molecule has 0 aliphatic heterocycles. The standard InChI is InChI=1S/C20H18ClN3O2/c1-11(2)26-20(25)24-15-6-5-12(3)16(8-15)17-7-14-10-22-19(21)9-18(14)23-13(17)4/h5-10H,1H2,2-4H3,(H,24,25). The molecule has 0 saturated heterocycles. The van der Waals surface area contributed by atoms with Crippen LogP contribution in [0.15, 0.2) is 48.9 Å². The Morgan fingerprint density at radius 3 is 2.69 bits per heavy atom. The molecule has 3 aromatic rings. The van der Waals surface area contributed by atoms with Crippen molar-refractivity contribution in [3.63, 3.8) is 0 Å². The van der Waals surface area contributed by atoms with E-state index in [4.69, 9.17) is 16.3 Å². The van der Waals surface area contributed by atoms with Crippen molar-refractivity contribution in [1.82, 2.24) is 9.97 Å². The van der Waals surface area contributed by atoms with Gasteiger partial charge in [-0.3, -0.25) is 10.3 Å². The molecule has 0 radical (unpaired) electrons. The number of ether oxygens (including phenoxy) is 1. The minimum absolute atomic E-state index is 0.329. The maximum Gasteiger partial charge on any atom is 0.416 e. The fraction of sp³-hybridized carbons (Fsp3) is 0.150. The molecule has 0 aliphatic carbocycles. The van der Waals surface area contributed by atoms with Crippen LogP contribution in [0, 0.1) is 13.8 Å². The fourth-order valence-corrected chi connectivity index (χ4v) is 2.86. The molecule has 1 amide bonds. The van der Waals surface area contributed by atoms with E-state index in [2.05, 4.69) is 21.9 Å². The highest BCUT2D eigenvalue weighted by Gasteiger charge is 2.11.